The van der Waals surface area contributed by atoms with Gasteiger partial charge in [0.05, 0.1) is 11.9 Å². The van der Waals surface area contributed by atoms with E-state index in [1.165, 1.54) is 0 Å². The number of ether oxygens (including phenoxy) is 1. The van der Waals surface area contributed by atoms with Gasteiger partial charge in [0.2, 0.25) is 0 Å². The predicted octanol–water partition coefficient (Wildman–Crippen LogP) is 5.07. The molecule has 0 radical (unpaired) electrons. The van der Waals surface area contributed by atoms with Crippen molar-refractivity contribution in [3.05, 3.63) is 48.2 Å². The van der Waals surface area contributed by atoms with Gasteiger partial charge in [-0.2, -0.15) is 0 Å². The van der Waals surface area contributed by atoms with Crippen LogP contribution in [0.25, 0.3) is 0 Å². The van der Waals surface area contributed by atoms with Crippen molar-refractivity contribution >= 4 is 0 Å². The van der Waals surface area contributed by atoms with E-state index in [0.29, 0.717) is 18.4 Å². The topological polar surface area (TPSA) is 29.5 Å². The molecule has 1 saturated carbocycles. The van der Waals surface area contributed by atoms with Gasteiger partial charge in [0, 0.05) is 0 Å². The fraction of sp³-hybridized carbons (Fsp3) is 0.600. The Morgan fingerprint density at radius 2 is 1.82 bits per heavy atom. The standard InChI is InChI=1S/C20H30O2/c1-19(2,3)18-10-13-20(21,14-11-18)12-7-15-22-16-17-8-5-4-6-9-17/h4-9,15,18,21H,10-14,16H2,1-3H3/b15-7-. The molecule has 1 aromatic rings. The van der Waals surface area contributed by atoms with Gasteiger partial charge in [-0.1, -0.05) is 51.1 Å². The van der Waals surface area contributed by atoms with Gasteiger partial charge in [-0.25, -0.2) is 0 Å². The molecule has 0 aromatic heterocycles. The zero-order chi connectivity index (χ0) is 16.1. The molecule has 0 heterocycles. The van der Waals surface area contributed by atoms with Crippen LogP contribution in [-0.2, 0) is 11.3 Å². The second kappa shape index (κ2) is 7.32. The highest BCUT2D eigenvalue weighted by atomic mass is 16.5. The van der Waals surface area contributed by atoms with E-state index in [-0.39, 0.29) is 0 Å². The molecule has 2 heteroatoms. The third kappa shape index (κ3) is 5.17. The molecule has 0 unspecified atom stereocenters. The molecule has 122 valence electrons. The first-order chi connectivity index (χ1) is 10.4. The summed E-state index contributed by atoms with van der Waals surface area (Å²) in [7, 11) is 0. The quantitative estimate of drug-likeness (QED) is 0.769. The van der Waals surface area contributed by atoms with Crippen molar-refractivity contribution in [3.8, 4) is 0 Å². The Morgan fingerprint density at radius 1 is 1.18 bits per heavy atom. The summed E-state index contributed by atoms with van der Waals surface area (Å²) in [6.45, 7) is 7.50. The fourth-order valence-corrected chi connectivity index (χ4v) is 3.28. The van der Waals surface area contributed by atoms with Crippen LogP contribution in [0.1, 0.15) is 58.4 Å². The van der Waals surface area contributed by atoms with Gasteiger partial charge in [-0.05, 0) is 55.1 Å². The molecule has 1 aromatic carbocycles. The third-order valence-corrected chi connectivity index (χ3v) is 4.92. The van der Waals surface area contributed by atoms with E-state index in [1.54, 1.807) is 6.26 Å². The molecular weight excluding hydrogens is 272 g/mol. The van der Waals surface area contributed by atoms with Crippen LogP contribution < -0.4 is 0 Å². The van der Waals surface area contributed by atoms with Gasteiger partial charge in [-0.15, -0.1) is 0 Å². The SMILES string of the molecule is CC(C)(C)C1CCC(O)(C/C=C\OCc2ccccc2)CC1. The van der Waals surface area contributed by atoms with E-state index in [1.807, 2.05) is 24.3 Å². The van der Waals surface area contributed by atoms with Gasteiger partial charge in [0.1, 0.15) is 6.61 Å². The summed E-state index contributed by atoms with van der Waals surface area (Å²) in [6, 6.07) is 10.1. The Morgan fingerprint density at radius 3 is 2.41 bits per heavy atom. The van der Waals surface area contributed by atoms with Crippen LogP contribution in [0, 0.1) is 11.3 Å². The van der Waals surface area contributed by atoms with E-state index in [4.69, 9.17) is 4.74 Å². The Kier molecular flexibility index (Phi) is 5.69. The van der Waals surface area contributed by atoms with Crippen LogP contribution >= 0.6 is 0 Å². The van der Waals surface area contributed by atoms with Gasteiger partial charge in [0.25, 0.3) is 0 Å². The summed E-state index contributed by atoms with van der Waals surface area (Å²) in [4.78, 5) is 0. The number of benzene rings is 1. The van der Waals surface area contributed by atoms with Crippen molar-refractivity contribution in [1.29, 1.82) is 0 Å². The summed E-state index contributed by atoms with van der Waals surface area (Å²) >= 11 is 0. The van der Waals surface area contributed by atoms with Gasteiger partial charge in [-0.3, -0.25) is 0 Å². The Labute approximate surface area is 135 Å². The highest BCUT2D eigenvalue weighted by Gasteiger charge is 2.36. The maximum Gasteiger partial charge on any atom is 0.112 e. The first kappa shape index (κ1) is 17.1. The monoisotopic (exact) mass is 302 g/mol. The van der Waals surface area contributed by atoms with Crippen molar-refractivity contribution in [2.45, 2.75) is 65.1 Å². The molecule has 1 aliphatic rings. The molecule has 0 atom stereocenters. The minimum atomic E-state index is -0.533. The molecule has 2 rings (SSSR count). The molecule has 1 fully saturated rings. The smallest absolute Gasteiger partial charge is 0.112 e. The second-order valence-corrected chi connectivity index (χ2v) is 7.74. The van der Waals surface area contributed by atoms with Crippen LogP contribution in [0.5, 0.6) is 0 Å². The van der Waals surface area contributed by atoms with Crippen LogP contribution in [-0.4, -0.2) is 10.7 Å². The zero-order valence-corrected chi connectivity index (χ0v) is 14.2. The maximum atomic E-state index is 10.7. The first-order valence-corrected chi connectivity index (χ1v) is 8.42. The molecule has 0 amide bonds. The van der Waals surface area contributed by atoms with Crippen molar-refractivity contribution < 1.29 is 9.84 Å². The third-order valence-electron chi connectivity index (χ3n) is 4.92. The average molecular weight is 302 g/mol. The normalized spacial score (nSPS) is 26.3. The summed E-state index contributed by atoms with van der Waals surface area (Å²) in [5, 5.41) is 10.7. The summed E-state index contributed by atoms with van der Waals surface area (Å²) < 4.78 is 5.54. The zero-order valence-electron chi connectivity index (χ0n) is 14.2. The maximum absolute atomic E-state index is 10.7. The predicted molar refractivity (Wildman–Crippen MR) is 91.4 cm³/mol. The highest BCUT2D eigenvalue weighted by molar-refractivity contribution is 5.13. The molecule has 0 saturated heterocycles. The largest absolute Gasteiger partial charge is 0.497 e. The van der Waals surface area contributed by atoms with Crippen molar-refractivity contribution in [3.63, 3.8) is 0 Å². The van der Waals surface area contributed by atoms with E-state index >= 15 is 0 Å². The number of rotatable bonds is 5. The first-order valence-electron chi connectivity index (χ1n) is 8.42. The van der Waals surface area contributed by atoms with Crippen molar-refractivity contribution in [2.24, 2.45) is 11.3 Å². The van der Waals surface area contributed by atoms with Gasteiger partial charge < -0.3 is 9.84 Å². The molecule has 1 N–H and O–H groups in total. The lowest BCUT2D eigenvalue weighted by molar-refractivity contribution is -0.0229. The Balaban J connectivity index is 1.71. The van der Waals surface area contributed by atoms with Crippen LogP contribution in [0.2, 0.25) is 0 Å². The lowest BCUT2D eigenvalue weighted by Crippen LogP contribution is -2.37. The van der Waals surface area contributed by atoms with E-state index in [0.717, 1.165) is 37.2 Å². The summed E-state index contributed by atoms with van der Waals surface area (Å²) in [5.41, 5.74) is 0.987. The Hall–Kier alpha value is -1.28. The second-order valence-electron chi connectivity index (χ2n) is 7.74. The van der Waals surface area contributed by atoms with Gasteiger partial charge in [0.15, 0.2) is 0 Å². The molecule has 1 aliphatic carbocycles. The van der Waals surface area contributed by atoms with Crippen LogP contribution in [0.4, 0.5) is 0 Å². The van der Waals surface area contributed by atoms with Gasteiger partial charge >= 0.3 is 0 Å². The lowest BCUT2D eigenvalue weighted by Gasteiger charge is -2.41. The van der Waals surface area contributed by atoms with Crippen molar-refractivity contribution in [2.75, 3.05) is 0 Å². The number of hydrogen-bond acceptors (Lipinski definition) is 2. The van der Waals surface area contributed by atoms with Crippen LogP contribution in [0.15, 0.2) is 42.7 Å². The summed E-state index contributed by atoms with van der Waals surface area (Å²) in [6.07, 6.45) is 8.45. The molecule has 22 heavy (non-hydrogen) atoms. The molecular formula is C20H30O2. The highest BCUT2D eigenvalue weighted by Crippen LogP contribution is 2.42. The van der Waals surface area contributed by atoms with Crippen LogP contribution in [0.3, 0.4) is 0 Å². The average Bonchev–Trinajstić information content (AvgIpc) is 2.47. The molecule has 0 aliphatic heterocycles. The minimum absolute atomic E-state index is 0.357. The number of aliphatic hydroxyl groups is 1. The molecule has 0 bridgehead atoms. The van der Waals surface area contributed by atoms with E-state index < -0.39 is 5.60 Å². The molecule has 2 nitrogen and oxygen atoms in total. The molecule has 0 spiro atoms. The fourth-order valence-electron chi connectivity index (χ4n) is 3.28. The van der Waals surface area contributed by atoms with Crippen molar-refractivity contribution in [1.82, 2.24) is 0 Å². The lowest BCUT2D eigenvalue weighted by atomic mass is 9.68. The van der Waals surface area contributed by atoms with E-state index in [9.17, 15) is 5.11 Å². The summed E-state index contributed by atoms with van der Waals surface area (Å²) in [5.74, 6) is 0.728. The van der Waals surface area contributed by atoms with E-state index in [2.05, 4.69) is 32.9 Å². The minimum Gasteiger partial charge on any atom is -0.497 e. The Bertz CT molecular complexity index is 462. The number of hydrogen-bond donors (Lipinski definition) is 1.